The summed E-state index contributed by atoms with van der Waals surface area (Å²) in [4.78, 5) is 6.82. The molecule has 1 atom stereocenters. The van der Waals surface area contributed by atoms with Crippen LogP contribution >= 0.6 is 0 Å². The Labute approximate surface area is 173 Å². The number of nitrogens with one attached hydrogen (secondary N) is 1. The number of aliphatic imine (C=N–C) groups is 1. The zero-order valence-electron chi connectivity index (χ0n) is 19.0. The summed E-state index contributed by atoms with van der Waals surface area (Å²) in [5, 5.41) is 3.69. The van der Waals surface area contributed by atoms with Gasteiger partial charge in [0.1, 0.15) is 5.84 Å². The maximum absolute atomic E-state index is 4.52. The molecule has 156 valence electrons. The molecule has 28 heavy (non-hydrogen) atoms. The molecule has 0 aliphatic heterocycles. The van der Waals surface area contributed by atoms with Crippen molar-refractivity contribution in [3.63, 3.8) is 0 Å². The van der Waals surface area contributed by atoms with Gasteiger partial charge in [0.05, 0.1) is 6.04 Å². The summed E-state index contributed by atoms with van der Waals surface area (Å²) < 4.78 is 0. The maximum Gasteiger partial charge on any atom is 0.102 e. The largest absolute Gasteiger partial charge is 0.380 e. The zero-order chi connectivity index (χ0) is 21.2. The summed E-state index contributed by atoms with van der Waals surface area (Å²) in [7, 11) is 1.88. The molecule has 0 saturated heterocycles. The first-order valence-corrected chi connectivity index (χ1v) is 10.7. The molecule has 0 heterocycles. The summed E-state index contributed by atoms with van der Waals surface area (Å²) >= 11 is 0. The third-order valence-electron chi connectivity index (χ3n) is 5.14. The van der Waals surface area contributed by atoms with Crippen LogP contribution in [0.25, 0.3) is 0 Å². The quantitative estimate of drug-likeness (QED) is 0.364. The van der Waals surface area contributed by atoms with E-state index in [9.17, 15) is 0 Å². The van der Waals surface area contributed by atoms with Gasteiger partial charge >= 0.3 is 0 Å². The van der Waals surface area contributed by atoms with E-state index >= 15 is 0 Å². The summed E-state index contributed by atoms with van der Waals surface area (Å²) in [6.07, 6.45) is 5.17. The zero-order valence-corrected chi connectivity index (χ0v) is 19.0. The summed E-state index contributed by atoms with van der Waals surface area (Å²) in [6, 6.07) is 10.9. The second kappa shape index (κ2) is 11.7. The number of rotatable bonds is 11. The highest BCUT2D eigenvalue weighted by Crippen LogP contribution is 2.25. The van der Waals surface area contributed by atoms with E-state index in [1.165, 1.54) is 5.56 Å². The van der Waals surface area contributed by atoms with Crippen LogP contribution in [0.2, 0.25) is 0 Å². The van der Waals surface area contributed by atoms with Gasteiger partial charge in [0.2, 0.25) is 0 Å². The van der Waals surface area contributed by atoms with Crippen molar-refractivity contribution in [2.75, 3.05) is 13.6 Å². The predicted octanol–water partition coefficient (Wildman–Crippen LogP) is 6.19. The second-order valence-electron chi connectivity index (χ2n) is 8.44. The van der Waals surface area contributed by atoms with Gasteiger partial charge in [-0.25, -0.2) is 0 Å². The summed E-state index contributed by atoms with van der Waals surface area (Å²) in [5.41, 5.74) is 3.56. The number of benzene rings is 1. The van der Waals surface area contributed by atoms with E-state index in [-0.39, 0.29) is 11.5 Å². The number of hydrogen-bond donors (Lipinski definition) is 1. The Kier molecular flexibility index (Phi) is 10.1. The first-order valence-electron chi connectivity index (χ1n) is 10.7. The Balaban J connectivity index is 2.96. The van der Waals surface area contributed by atoms with Crippen molar-refractivity contribution in [2.24, 2.45) is 10.4 Å². The van der Waals surface area contributed by atoms with Crippen molar-refractivity contribution in [3.8, 4) is 0 Å². The van der Waals surface area contributed by atoms with Gasteiger partial charge in [-0.05, 0) is 31.2 Å². The van der Waals surface area contributed by atoms with E-state index < -0.39 is 0 Å². The van der Waals surface area contributed by atoms with Crippen LogP contribution in [-0.4, -0.2) is 30.4 Å². The van der Waals surface area contributed by atoms with Gasteiger partial charge in [0.15, 0.2) is 0 Å². The van der Waals surface area contributed by atoms with E-state index in [1.54, 1.807) is 0 Å². The highest BCUT2D eigenvalue weighted by atomic mass is 15.2. The Hall–Kier alpha value is -2.03. The molecule has 0 fully saturated rings. The fourth-order valence-electron chi connectivity index (χ4n) is 3.22. The normalized spacial score (nSPS) is 13.1. The molecule has 1 aromatic rings. The average Bonchev–Trinajstić information content (AvgIpc) is 2.66. The fraction of sp³-hybridized carbons (Fsp3) is 0.560. The van der Waals surface area contributed by atoms with E-state index in [1.807, 2.05) is 7.05 Å². The Morgan fingerprint density at radius 3 is 2.29 bits per heavy atom. The van der Waals surface area contributed by atoms with Gasteiger partial charge in [-0.2, -0.15) is 0 Å². The summed E-state index contributed by atoms with van der Waals surface area (Å²) in [6.45, 7) is 20.7. The SMILES string of the molecule is C=C(C(CCCc1ccccc1)NC(=C)C(C)(C)C)N(CCC)C(CC)=NC. The number of aryl methyl sites for hydroxylation is 1. The molecule has 1 unspecified atom stereocenters. The first-order chi connectivity index (χ1) is 13.2. The average molecular weight is 384 g/mol. The maximum atomic E-state index is 4.52. The lowest BCUT2D eigenvalue weighted by Gasteiger charge is -2.36. The third-order valence-corrected chi connectivity index (χ3v) is 5.14. The van der Waals surface area contributed by atoms with Crippen molar-refractivity contribution in [2.45, 2.75) is 72.8 Å². The molecule has 0 aliphatic rings. The Morgan fingerprint density at radius 2 is 1.79 bits per heavy atom. The Bertz CT molecular complexity index is 638. The molecule has 0 radical (unpaired) electrons. The van der Waals surface area contributed by atoms with Gasteiger partial charge in [-0.15, -0.1) is 0 Å². The van der Waals surface area contributed by atoms with Crippen molar-refractivity contribution < 1.29 is 0 Å². The van der Waals surface area contributed by atoms with Crippen LogP contribution in [0.4, 0.5) is 0 Å². The lowest BCUT2D eigenvalue weighted by molar-refractivity contribution is 0.384. The standard InChI is InChI=1S/C25H41N3/c1-9-19-28(24(10-2)26-8)20(3)23(27-21(4)25(5,6)7)18-14-17-22-15-12-11-13-16-22/h11-13,15-16,23,27H,3-4,9-10,14,17-19H2,1-2,5-8H3. The molecular formula is C25H41N3. The molecule has 1 aromatic carbocycles. The molecule has 0 amide bonds. The van der Waals surface area contributed by atoms with Crippen LogP contribution in [0, 0.1) is 5.41 Å². The van der Waals surface area contributed by atoms with Gasteiger partial charge in [-0.3, -0.25) is 4.99 Å². The molecule has 0 bridgehead atoms. The lowest BCUT2D eigenvalue weighted by atomic mass is 9.91. The molecule has 3 heteroatoms. The molecule has 0 spiro atoms. The minimum atomic E-state index is 0.0139. The molecule has 0 aliphatic carbocycles. The van der Waals surface area contributed by atoms with Gasteiger partial charge in [-0.1, -0.05) is 78.1 Å². The lowest BCUT2D eigenvalue weighted by Crippen LogP contribution is -2.42. The van der Waals surface area contributed by atoms with E-state index in [0.717, 1.165) is 55.9 Å². The smallest absolute Gasteiger partial charge is 0.102 e. The first kappa shape index (κ1) is 24.0. The molecule has 0 saturated carbocycles. The van der Waals surface area contributed by atoms with Crippen LogP contribution in [0.5, 0.6) is 0 Å². The van der Waals surface area contributed by atoms with Crippen molar-refractivity contribution >= 4 is 5.84 Å². The third kappa shape index (κ3) is 7.53. The monoisotopic (exact) mass is 383 g/mol. The van der Waals surface area contributed by atoms with Crippen LogP contribution in [0.3, 0.4) is 0 Å². The minimum Gasteiger partial charge on any atom is -0.380 e. The van der Waals surface area contributed by atoms with Crippen LogP contribution < -0.4 is 5.32 Å². The molecular weight excluding hydrogens is 342 g/mol. The molecule has 0 aromatic heterocycles. The van der Waals surface area contributed by atoms with E-state index in [4.69, 9.17) is 0 Å². The highest BCUT2D eigenvalue weighted by Gasteiger charge is 2.24. The van der Waals surface area contributed by atoms with Crippen LogP contribution in [-0.2, 0) is 6.42 Å². The topological polar surface area (TPSA) is 27.6 Å². The van der Waals surface area contributed by atoms with Gasteiger partial charge < -0.3 is 10.2 Å². The van der Waals surface area contributed by atoms with Gasteiger partial charge in [0.25, 0.3) is 0 Å². The van der Waals surface area contributed by atoms with Gasteiger partial charge in [0, 0.05) is 36.8 Å². The van der Waals surface area contributed by atoms with Crippen LogP contribution in [0.15, 0.2) is 59.9 Å². The molecule has 1 rings (SSSR count). The van der Waals surface area contributed by atoms with E-state index in [2.05, 4.69) is 93.3 Å². The van der Waals surface area contributed by atoms with Crippen molar-refractivity contribution in [1.82, 2.24) is 10.2 Å². The fourth-order valence-corrected chi connectivity index (χ4v) is 3.22. The highest BCUT2D eigenvalue weighted by molar-refractivity contribution is 5.83. The number of hydrogen-bond acceptors (Lipinski definition) is 2. The van der Waals surface area contributed by atoms with Crippen molar-refractivity contribution in [3.05, 3.63) is 60.4 Å². The minimum absolute atomic E-state index is 0.0139. The van der Waals surface area contributed by atoms with Crippen LogP contribution in [0.1, 0.15) is 65.9 Å². The Morgan fingerprint density at radius 1 is 1.14 bits per heavy atom. The predicted molar refractivity (Wildman–Crippen MR) is 125 cm³/mol. The molecule has 1 N–H and O–H groups in total. The number of allylic oxidation sites excluding steroid dienone is 1. The van der Waals surface area contributed by atoms with E-state index in [0.29, 0.717) is 0 Å². The number of amidine groups is 1. The molecule has 3 nitrogen and oxygen atoms in total. The summed E-state index contributed by atoms with van der Waals surface area (Å²) in [5.74, 6) is 1.10. The van der Waals surface area contributed by atoms with Crippen molar-refractivity contribution in [1.29, 1.82) is 0 Å². The second-order valence-corrected chi connectivity index (χ2v) is 8.44. The number of nitrogens with zero attached hydrogens (tertiary/aromatic N) is 2.